The molecule has 6 nitrogen and oxygen atoms in total. The van der Waals surface area contributed by atoms with Crippen LogP contribution in [0.15, 0.2) is 24.3 Å². The van der Waals surface area contributed by atoms with Gasteiger partial charge in [-0.25, -0.2) is 8.42 Å². The molecule has 0 heterocycles. The molecular weight excluding hydrogens is 246 g/mol. The number of rotatable bonds is 5. The molecule has 1 aromatic carbocycles. The average molecular weight is 259 g/mol. The number of sulfone groups is 1. The fourth-order valence-electron chi connectivity index (χ4n) is 1.30. The molecule has 0 amide bonds. The van der Waals surface area contributed by atoms with E-state index in [-0.39, 0.29) is 17.0 Å². The molecule has 0 radical (unpaired) electrons. The van der Waals surface area contributed by atoms with Crippen molar-refractivity contribution in [2.75, 3.05) is 11.5 Å². The van der Waals surface area contributed by atoms with Gasteiger partial charge in [0.15, 0.2) is 9.84 Å². The highest BCUT2D eigenvalue weighted by atomic mass is 32.2. The Morgan fingerprint density at radius 3 is 2.65 bits per heavy atom. The van der Waals surface area contributed by atoms with E-state index in [2.05, 4.69) is 0 Å². The Labute approximate surface area is 99.0 Å². The average Bonchev–Trinajstić information content (AvgIpc) is 2.28. The minimum Gasteiger partial charge on any atom is -0.387 e. The number of benzene rings is 1. The summed E-state index contributed by atoms with van der Waals surface area (Å²) in [5.74, 6) is -0.496. The number of nitro groups is 1. The highest BCUT2D eigenvalue weighted by Crippen LogP contribution is 2.20. The molecule has 1 N–H and O–H groups in total. The Balaban J connectivity index is 2.93. The zero-order chi connectivity index (χ0) is 13.1. The minimum absolute atomic E-state index is 0.0704. The van der Waals surface area contributed by atoms with Crippen LogP contribution in [0.25, 0.3) is 0 Å². The molecule has 0 unspecified atom stereocenters. The van der Waals surface area contributed by atoms with E-state index in [9.17, 15) is 23.6 Å². The number of non-ortho nitro benzene ring substituents is 1. The highest BCUT2D eigenvalue weighted by Gasteiger charge is 2.18. The molecule has 94 valence electrons. The Morgan fingerprint density at radius 2 is 2.12 bits per heavy atom. The third-order valence-electron chi connectivity index (χ3n) is 2.32. The van der Waals surface area contributed by atoms with E-state index in [4.69, 9.17) is 0 Å². The maximum Gasteiger partial charge on any atom is 0.269 e. The number of aliphatic hydroxyl groups is 1. The van der Waals surface area contributed by atoms with E-state index < -0.39 is 26.6 Å². The quantitative estimate of drug-likeness (QED) is 0.630. The number of nitro benzene ring substituents is 1. The molecule has 0 fully saturated rings. The summed E-state index contributed by atoms with van der Waals surface area (Å²) in [5.41, 5.74) is 0.0617. The molecule has 17 heavy (non-hydrogen) atoms. The Kier molecular flexibility index (Phi) is 4.19. The first-order chi connectivity index (χ1) is 7.85. The van der Waals surface area contributed by atoms with E-state index >= 15 is 0 Å². The van der Waals surface area contributed by atoms with Gasteiger partial charge in [0.25, 0.3) is 5.69 Å². The van der Waals surface area contributed by atoms with Crippen LogP contribution in [0, 0.1) is 10.1 Å². The SMILES string of the molecule is CCS(=O)(=O)C[C@H](O)c1cccc([N+](=O)[O-])c1. The first-order valence-corrected chi connectivity index (χ1v) is 6.80. The summed E-state index contributed by atoms with van der Waals surface area (Å²) in [6, 6.07) is 5.33. The van der Waals surface area contributed by atoms with Crippen LogP contribution in [-0.4, -0.2) is 30.0 Å². The normalized spacial score (nSPS) is 13.3. The maximum atomic E-state index is 11.3. The van der Waals surface area contributed by atoms with Crippen LogP contribution in [0.2, 0.25) is 0 Å². The van der Waals surface area contributed by atoms with Gasteiger partial charge in [-0.1, -0.05) is 19.1 Å². The first kappa shape index (κ1) is 13.6. The zero-order valence-electron chi connectivity index (χ0n) is 9.24. The predicted octanol–water partition coefficient (Wildman–Crippen LogP) is 1.06. The van der Waals surface area contributed by atoms with Gasteiger partial charge in [-0.15, -0.1) is 0 Å². The summed E-state index contributed by atoms with van der Waals surface area (Å²) in [7, 11) is -3.32. The first-order valence-electron chi connectivity index (χ1n) is 4.98. The third-order valence-corrected chi connectivity index (χ3v) is 4.02. The topological polar surface area (TPSA) is 97.5 Å². The lowest BCUT2D eigenvalue weighted by molar-refractivity contribution is -0.385. The van der Waals surface area contributed by atoms with Crippen molar-refractivity contribution in [1.82, 2.24) is 0 Å². The summed E-state index contributed by atoms with van der Waals surface area (Å²) in [6.07, 6.45) is -1.24. The van der Waals surface area contributed by atoms with Crippen LogP contribution in [0.5, 0.6) is 0 Å². The van der Waals surface area contributed by atoms with Crippen LogP contribution in [0.3, 0.4) is 0 Å². The molecule has 0 saturated heterocycles. The van der Waals surface area contributed by atoms with Crippen LogP contribution >= 0.6 is 0 Å². The van der Waals surface area contributed by atoms with Crippen molar-refractivity contribution in [3.63, 3.8) is 0 Å². The number of hydrogen-bond acceptors (Lipinski definition) is 5. The lowest BCUT2D eigenvalue weighted by Gasteiger charge is -2.10. The Bertz CT molecular complexity index is 511. The lowest BCUT2D eigenvalue weighted by Crippen LogP contribution is -2.16. The molecule has 0 aliphatic carbocycles. The molecule has 0 aliphatic heterocycles. The molecule has 0 aliphatic rings. The molecule has 7 heteroatoms. The maximum absolute atomic E-state index is 11.3. The van der Waals surface area contributed by atoms with Gasteiger partial charge in [0, 0.05) is 17.9 Å². The largest absolute Gasteiger partial charge is 0.387 e. The van der Waals surface area contributed by atoms with Crippen molar-refractivity contribution in [2.45, 2.75) is 13.0 Å². The van der Waals surface area contributed by atoms with Gasteiger partial charge in [0.2, 0.25) is 0 Å². The van der Waals surface area contributed by atoms with Crippen molar-refractivity contribution >= 4 is 15.5 Å². The predicted molar refractivity (Wildman–Crippen MR) is 62.4 cm³/mol. The molecule has 0 bridgehead atoms. The van der Waals surface area contributed by atoms with Gasteiger partial charge in [-0.3, -0.25) is 10.1 Å². The second-order valence-electron chi connectivity index (χ2n) is 3.57. The highest BCUT2D eigenvalue weighted by molar-refractivity contribution is 7.91. The summed E-state index contributed by atoms with van der Waals surface area (Å²) in [4.78, 5) is 9.93. The summed E-state index contributed by atoms with van der Waals surface area (Å²) in [6.45, 7) is 1.48. The number of nitrogens with zero attached hydrogens (tertiary/aromatic N) is 1. The van der Waals surface area contributed by atoms with Crippen LogP contribution < -0.4 is 0 Å². The van der Waals surface area contributed by atoms with Gasteiger partial charge in [-0.2, -0.15) is 0 Å². The second-order valence-corrected chi connectivity index (χ2v) is 5.96. The summed E-state index contributed by atoms with van der Waals surface area (Å²) in [5, 5.41) is 20.2. The summed E-state index contributed by atoms with van der Waals surface area (Å²) < 4.78 is 22.6. The molecule has 0 spiro atoms. The molecule has 1 rings (SSSR count). The van der Waals surface area contributed by atoms with Crippen LogP contribution in [0.1, 0.15) is 18.6 Å². The second kappa shape index (κ2) is 5.24. The molecule has 1 atom stereocenters. The molecule has 0 aromatic heterocycles. The minimum atomic E-state index is -3.32. The van der Waals surface area contributed by atoms with Gasteiger partial charge in [-0.05, 0) is 5.56 Å². The Morgan fingerprint density at radius 1 is 1.47 bits per heavy atom. The Hall–Kier alpha value is -1.47. The van der Waals surface area contributed by atoms with Crippen LogP contribution in [-0.2, 0) is 9.84 Å². The van der Waals surface area contributed by atoms with Crippen molar-refractivity contribution in [1.29, 1.82) is 0 Å². The van der Waals surface area contributed by atoms with Gasteiger partial charge < -0.3 is 5.11 Å². The van der Waals surface area contributed by atoms with Crippen LogP contribution in [0.4, 0.5) is 5.69 Å². The van der Waals surface area contributed by atoms with Gasteiger partial charge in [0.05, 0.1) is 16.8 Å². The molecule has 0 saturated carbocycles. The van der Waals surface area contributed by atoms with E-state index in [1.165, 1.54) is 31.2 Å². The fraction of sp³-hybridized carbons (Fsp3) is 0.400. The smallest absolute Gasteiger partial charge is 0.269 e. The van der Waals surface area contributed by atoms with E-state index in [1.807, 2.05) is 0 Å². The van der Waals surface area contributed by atoms with Gasteiger partial charge >= 0.3 is 0 Å². The number of aliphatic hydroxyl groups excluding tert-OH is 1. The van der Waals surface area contributed by atoms with Crippen molar-refractivity contribution in [3.8, 4) is 0 Å². The number of hydrogen-bond donors (Lipinski definition) is 1. The standard InChI is InChI=1S/C10H13NO5S/c1-2-17(15,16)7-10(12)8-4-3-5-9(6-8)11(13)14/h3-6,10,12H,2,7H2,1H3/t10-/m0/s1. The monoisotopic (exact) mass is 259 g/mol. The van der Waals surface area contributed by atoms with E-state index in [0.29, 0.717) is 0 Å². The van der Waals surface area contributed by atoms with Crippen molar-refractivity contribution in [3.05, 3.63) is 39.9 Å². The summed E-state index contributed by atoms with van der Waals surface area (Å²) >= 11 is 0. The molecule has 1 aromatic rings. The molecular formula is C10H13NO5S. The van der Waals surface area contributed by atoms with E-state index in [1.54, 1.807) is 0 Å². The zero-order valence-corrected chi connectivity index (χ0v) is 10.1. The van der Waals surface area contributed by atoms with Gasteiger partial charge in [0.1, 0.15) is 0 Å². The third kappa shape index (κ3) is 3.79. The fourth-order valence-corrected chi connectivity index (χ4v) is 2.21. The van der Waals surface area contributed by atoms with Crippen molar-refractivity contribution < 1.29 is 18.4 Å². The lowest BCUT2D eigenvalue weighted by atomic mass is 10.1. The van der Waals surface area contributed by atoms with E-state index in [0.717, 1.165) is 0 Å². The van der Waals surface area contributed by atoms with Crippen molar-refractivity contribution in [2.24, 2.45) is 0 Å².